The van der Waals surface area contributed by atoms with Crippen LogP contribution in [0, 0.1) is 0 Å². The fraction of sp³-hybridized carbons (Fsp3) is 0.415. The molecule has 54 heavy (non-hydrogen) atoms. The van der Waals surface area contributed by atoms with Crippen molar-refractivity contribution < 1.29 is 36.6 Å². The number of alkyl carbamates (subject to hydrolysis) is 1. The van der Waals surface area contributed by atoms with E-state index in [9.17, 15) is 18.4 Å². The van der Waals surface area contributed by atoms with E-state index in [-0.39, 0.29) is 30.9 Å². The van der Waals surface area contributed by atoms with E-state index in [0.717, 1.165) is 57.3 Å². The first-order valence-electron chi connectivity index (χ1n) is 17.9. The molecule has 1 aliphatic heterocycles. The molecule has 0 radical (unpaired) electrons. The molecule has 0 aromatic heterocycles. The Hall–Kier alpha value is -3.84. The molecule has 7 nitrogen and oxygen atoms in total. The molecule has 13 heteroatoms. The number of rotatable bonds is 10. The van der Waals surface area contributed by atoms with E-state index in [1.54, 1.807) is 57.0 Å². The van der Waals surface area contributed by atoms with Crippen molar-refractivity contribution in [3.05, 3.63) is 95.5 Å². The maximum absolute atomic E-state index is 15.2. The summed E-state index contributed by atoms with van der Waals surface area (Å²) in [7, 11) is 1.64. The minimum Gasteiger partial charge on any atom is -0.490 e. The molecule has 0 spiro atoms. The van der Waals surface area contributed by atoms with Crippen LogP contribution in [0.25, 0.3) is 21.9 Å². The van der Waals surface area contributed by atoms with Crippen LogP contribution in [0.4, 0.5) is 22.4 Å². The minimum atomic E-state index is -3.39. The Bertz CT molecular complexity index is 1870. The second-order valence-corrected chi connectivity index (χ2v) is 16.1. The molecule has 2 unspecified atom stereocenters. The number of carbonyl (C=O) groups excluding carboxylic acids is 2. The van der Waals surface area contributed by atoms with E-state index in [1.165, 1.54) is 25.0 Å². The number of nitrogens with zero attached hydrogens (tertiary/aromatic N) is 1. The van der Waals surface area contributed by atoms with E-state index in [2.05, 4.69) is 10.0 Å². The summed E-state index contributed by atoms with van der Waals surface area (Å²) in [6.07, 6.45) is 4.58. The topological polar surface area (TPSA) is 79.9 Å². The van der Waals surface area contributed by atoms with Crippen molar-refractivity contribution in [1.29, 1.82) is 0 Å². The first-order valence-corrected chi connectivity index (χ1v) is 19.1. The van der Waals surface area contributed by atoms with Crippen molar-refractivity contribution in [3.63, 3.8) is 0 Å². The highest BCUT2D eigenvalue weighted by atomic mass is 35.5. The van der Waals surface area contributed by atoms with E-state index >= 15 is 8.78 Å². The molecule has 2 aliphatic rings. The predicted octanol–water partition coefficient (Wildman–Crippen LogP) is 10.3. The molecule has 2 fully saturated rings. The number of carbonyl (C=O) groups is 2. The lowest BCUT2D eigenvalue weighted by Gasteiger charge is -2.36. The van der Waals surface area contributed by atoms with Crippen LogP contribution in [0.15, 0.2) is 89.8 Å². The summed E-state index contributed by atoms with van der Waals surface area (Å²) in [5, 5.41) is 4.84. The standard InChI is InChI=1S/C30H26ClF2NO2S.C11H20F2N2O2/c31-25-13-7-21(8-14-25)20-5-11-24(12-6-20)30(32,33)29(19-35)34-37-28-16-10-22-17-27(15-9-23(22)18-28)36-26-3-1-2-4-26;1-10(2,3)17-9(16)14-8-5-6-15(4)7-11(8,12)13/h5-19,26,29,34H,1-4H2;8H,5-7H2,1-4H3,(H,14,16). The minimum absolute atomic E-state index is 0.225. The summed E-state index contributed by atoms with van der Waals surface area (Å²) in [5.74, 6) is -5.46. The number of nitrogens with one attached hydrogen (secondary N) is 2. The molecule has 290 valence electrons. The lowest BCUT2D eigenvalue weighted by molar-refractivity contribution is -0.119. The number of alkyl halides is 4. The van der Waals surface area contributed by atoms with Gasteiger partial charge in [0, 0.05) is 22.0 Å². The van der Waals surface area contributed by atoms with Crippen LogP contribution in [0.2, 0.25) is 5.02 Å². The summed E-state index contributed by atoms with van der Waals surface area (Å²) >= 11 is 6.94. The number of hydrogen-bond acceptors (Lipinski definition) is 7. The van der Waals surface area contributed by atoms with Crippen LogP contribution in [-0.4, -0.2) is 67.1 Å². The number of halogens is 5. The Labute approximate surface area is 323 Å². The number of ether oxygens (including phenoxy) is 2. The SMILES string of the molecule is CN1CCC(NC(=O)OC(C)(C)C)C(F)(F)C1.O=CC(NSc1ccc2cc(OC3CCCC3)ccc2c1)C(F)(F)c1ccc(-c2ccc(Cl)cc2)cc1. The lowest BCUT2D eigenvalue weighted by Crippen LogP contribution is -2.57. The van der Waals surface area contributed by atoms with Crippen LogP contribution in [0.1, 0.15) is 58.4 Å². The average molecular weight is 788 g/mol. The normalized spacial score (nSPS) is 18.4. The molecule has 0 bridgehead atoms. The molecule has 4 aromatic rings. The highest BCUT2D eigenvalue weighted by molar-refractivity contribution is 7.97. The van der Waals surface area contributed by atoms with Gasteiger partial charge in [0.15, 0.2) is 0 Å². The van der Waals surface area contributed by atoms with Crippen molar-refractivity contribution in [3.8, 4) is 16.9 Å². The van der Waals surface area contributed by atoms with E-state index in [4.69, 9.17) is 21.1 Å². The maximum atomic E-state index is 15.2. The number of benzene rings is 4. The van der Waals surface area contributed by atoms with Crippen molar-refractivity contribution in [1.82, 2.24) is 14.9 Å². The van der Waals surface area contributed by atoms with Gasteiger partial charge < -0.3 is 24.5 Å². The molecule has 1 saturated carbocycles. The van der Waals surface area contributed by atoms with Gasteiger partial charge in [-0.3, -0.25) is 0 Å². The van der Waals surface area contributed by atoms with Gasteiger partial charge in [-0.1, -0.05) is 60.1 Å². The van der Waals surface area contributed by atoms with E-state index in [1.807, 2.05) is 48.5 Å². The largest absolute Gasteiger partial charge is 0.490 e. The van der Waals surface area contributed by atoms with Crippen LogP contribution in [0.5, 0.6) is 5.75 Å². The molecule has 2 atom stereocenters. The molecule has 1 heterocycles. The molecule has 1 aliphatic carbocycles. The van der Waals surface area contributed by atoms with Crippen molar-refractivity contribution in [2.24, 2.45) is 0 Å². The van der Waals surface area contributed by atoms with Gasteiger partial charge in [0.1, 0.15) is 23.7 Å². The first-order chi connectivity index (χ1) is 25.5. The molecular weight excluding hydrogens is 742 g/mol. The molecule has 4 aromatic carbocycles. The van der Waals surface area contributed by atoms with Gasteiger partial charge in [-0.15, -0.1) is 0 Å². The molecule has 6 rings (SSSR count). The summed E-state index contributed by atoms with van der Waals surface area (Å²) in [6.45, 7) is 5.28. The molecule has 2 N–H and O–H groups in total. The fourth-order valence-corrected chi connectivity index (χ4v) is 7.21. The highest BCUT2D eigenvalue weighted by Crippen LogP contribution is 2.35. The summed E-state index contributed by atoms with van der Waals surface area (Å²) in [5.41, 5.74) is 0.747. The van der Waals surface area contributed by atoms with Gasteiger partial charge in [0.25, 0.3) is 11.8 Å². The van der Waals surface area contributed by atoms with E-state index in [0.29, 0.717) is 11.6 Å². The highest BCUT2D eigenvalue weighted by Gasteiger charge is 2.45. The van der Waals surface area contributed by atoms with Gasteiger partial charge in [-0.2, -0.15) is 8.78 Å². The smallest absolute Gasteiger partial charge is 0.408 e. The van der Waals surface area contributed by atoms with Gasteiger partial charge in [0.2, 0.25) is 0 Å². The first kappa shape index (κ1) is 41.3. The van der Waals surface area contributed by atoms with Crippen molar-refractivity contribution in [2.75, 3.05) is 20.1 Å². The number of hydrogen-bond donors (Lipinski definition) is 2. The zero-order valence-corrected chi connectivity index (χ0v) is 32.3. The Morgan fingerprint density at radius 2 is 1.54 bits per heavy atom. The zero-order valence-electron chi connectivity index (χ0n) is 30.7. The van der Waals surface area contributed by atoms with Gasteiger partial charge in [-0.05, 0) is 130 Å². The molecular formula is C41H46ClF4N3O4S. The Kier molecular flexibility index (Phi) is 13.6. The Morgan fingerprint density at radius 3 is 2.15 bits per heavy atom. The number of piperidine rings is 1. The third-order valence-electron chi connectivity index (χ3n) is 9.15. The Morgan fingerprint density at radius 1 is 0.926 bits per heavy atom. The van der Waals surface area contributed by atoms with Gasteiger partial charge >= 0.3 is 6.09 Å². The zero-order chi connectivity index (χ0) is 39.1. The van der Waals surface area contributed by atoms with Crippen LogP contribution in [0.3, 0.4) is 0 Å². The molecule has 1 saturated heterocycles. The Balaban J connectivity index is 0.000000278. The van der Waals surface area contributed by atoms with Crippen LogP contribution in [-0.2, 0) is 15.5 Å². The lowest BCUT2D eigenvalue weighted by atomic mass is 9.98. The molecule has 1 amide bonds. The number of likely N-dealkylation sites (tertiary alicyclic amines) is 1. The monoisotopic (exact) mass is 787 g/mol. The number of fused-ring (bicyclic) bond motifs is 1. The summed E-state index contributed by atoms with van der Waals surface area (Å²) in [6, 6.07) is 21.9. The van der Waals surface area contributed by atoms with E-state index < -0.39 is 35.6 Å². The third kappa shape index (κ3) is 11.3. The van der Waals surface area contributed by atoms with Crippen LogP contribution >= 0.6 is 23.5 Å². The van der Waals surface area contributed by atoms with Crippen molar-refractivity contribution >= 4 is 46.7 Å². The summed E-state index contributed by atoms with van der Waals surface area (Å²) < 4.78 is 71.4. The third-order valence-corrected chi connectivity index (χ3v) is 10.3. The predicted molar refractivity (Wildman–Crippen MR) is 207 cm³/mol. The number of aldehydes is 1. The average Bonchev–Trinajstić information content (AvgIpc) is 3.62. The second kappa shape index (κ2) is 17.7. The maximum Gasteiger partial charge on any atom is 0.408 e. The number of amides is 1. The quantitative estimate of drug-likeness (QED) is 0.0941. The van der Waals surface area contributed by atoms with Gasteiger partial charge in [0.05, 0.1) is 18.7 Å². The summed E-state index contributed by atoms with van der Waals surface area (Å²) in [4.78, 5) is 25.4. The second-order valence-electron chi connectivity index (χ2n) is 14.7. The van der Waals surface area contributed by atoms with Crippen molar-refractivity contribution in [2.45, 2.75) is 93.4 Å². The van der Waals surface area contributed by atoms with Gasteiger partial charge in [-0.25, -0.2) is 18.3 Å². The van der Waals surface area contributed by atoms with Crippen LogP contribution < -0.4 is 14.8 Å². The fourth-order valence-electron chi connectivity index (χ4n) is 6.30.